The van der Waals surface area contributed by atoms with Crippen LogP contribution in [0.4, 0.5) is 0 Å². The molecular formula is C13H23N3O3S2. The summed E-state index contributed by atoms with van der Waals surface area (Å²) in [6, 6.07) is 0. The summed E-state index contributed by atoms with van der Waals surface area (Å²) in [6.45, 7) is 1.55. The zero-order valence-electron chi connectivity index (χ0n) is 12.3. The number of carbonyl (C=O) groups is 1. The number of nitrogens with zero attached hydrogens (tertiary/aromatic N) is 1. The number of hydrogen-bond acceptors (Lipinski definition) is 5. The van der Waals surface area contributed by atoms with Crippen LogP contribution in [-0.2, 0) is 14.6 Å². The molecular weight excluding hydrogens is 310 g/mol. The third kappa shape index (κ3) is 3.54. The van der Waals surface area contributed by atoms with E-state index in [2.05, 4.69) is 10.2 Å². The SMILES string of the molecule is CN1CCC(NC(=O)C2CCCCS2(=O)=O)(C(N)=S)CC1. The molecule has 0 aliphatic carbocycles. The molecule has 1 unspecified atom stereocenters. The van der Waals surface area contributed by atoms with E-state index < -0.39 is 26.5 Å². The van der Waals surface area contributed by atoms with E-state index in [4.69, 9.17) is 18.0 Å². The molecule has 0 bridgehead atoms. The van der Waals surface area contributed by atoms with E-state index in [1.807, 2.05) is 7.05 Å². The number of piperidine rings is 1. The average molecular weight is 333 g/mol. The third-order valence-electron chi connectivity index (χ3n) is 4.55. The summed E-state index contributed by atoms with van der Waals surface area (Å²) in [5, 5.41) is 1.92. The van der Waals surface area contributed by atoms with Gasteiger partial charge < -0.3 is 16.0 Å². The van der Waals surface area contributed by atoms with E-state index in [0.717, 1.165) is 19.5 Å². The van der Waals surface area contributed by atoms with Crippen LogP contribution in [0.25, 0.3) is 0 Å². The van der Waals surface area contributed by atoms with Gasteiger partial charge in [-0.3, -0.25) is 4.79 Å². The predicted octanol–water partition coefficient (Wildman–Crippen LogP) is -0.180. The number of nitrogens with one attached hydrogen (secondary N) is 1. The Morgan fingerprint density at radius 2 is 1.95 bits per heavy atom. The molecule has 0 saturated carbocycles. The van der Waals surface area contributed by atoms with Crippen LogP contribution in [0.2, 0.25) is 0 Å². The fraction of sp³-hybridized carbons (Fsp3) is 0.846. The number of thiocarbonyl (C=S) groups is 1. The zero-order valence-corrected chi connectivity index (χ0v) is 13.9. The first-order valence-electron chi connectivity index (χ1n) is 7.29. The standard InChI is InChI=1S/C13H23N3O3S2/c1-16-7-5-13(6-8-16,12(14)20)15-11(17)10-4-2-3-9-21(10,18)19/h10H,2-9H2,1H3,(H2,14,20)(H,15,17). The molecule has 0 spiro atoms. The van der Waals surface area contributed by atoms with Crippen molar-refractivity contribution in [1.29, 1.82) is 0 Å². The van der Waals surface area contributed by atoms with Crippen molar-refractivity contribution in [2.45, 2.75) is 42.9 Å². The molecule has 2 heterocycles. The maximum Gasteiger partial charge on any atom is 0.239 e. The Morgan fingerprint density at radius 3 is 2.48 bits per heavy atom. The van der Waals surface area contributed by atoms with Gasteiger partial charge in [0.1, 0.15) is 5.25 Å². The summed E-state index contributed by atoms with van der Waals surface area (Å²) in [4.78, 5) is 14.8. The van der Waals surface area contributed by atoms with Crippen molar-refractivity contribution in [3.63, 3.8) is 0 Å². The Hall–Kier alpha value is -0.730. The second-order valence-corrected chi connectivity index (χ2v) is 8.83. The van der Waals surface area contributed by atoms with Gasteiger partial charge in [-0.05, 0) is 32.7 Å². The van der Waals surface area contributed by atoms with Gasteiger partial charge in [-0.1, -0.05) is 18.6 Å². The van der Waals surface area contributed by atoms with E-state index in [1.165, 1.54) is 0 Å². The fourth-order valence-electron chi connectivity index (χ4n) is 3.00. The predicted molar refractivity (Wildman–Crippen MR) is 85.8 cm³/mol. The third-order valence-corrected chi connectivity index (χ3v) is 7.11. The second-order valence-electron chi connectivity index (χ2n) is 6.09. The molecule has 3 N–H and O–H groups in total. The van der Waals surface area contributed by atoms with Crippen LogP contribution in [0.3, 0.4) is 0 Å². The molecule has 0 radical (unpaired) electrons. The lowest BCUT2D eigenvalue weighted by molar-refractivity contribution is -0.122. The lowest BCUT2D eigenvalue weighted by Crippen LogP contribution is -2.63. The molecule has 0 aromatic heterocycles. The van der Waals surface area contributed by atoms with Gasteiger partial charge in [-0.2, -0.15) is 0 Å². The van der Waals surface area contributed by atoms with Gasteiger partial charge >= 0.3 is 0 Å². The number of carbonyl (C=O) groups excluding carboxylic acids is 1. The Labute approximate surface area is 131 Å². The van der Waals surface area contributed by atoms with Gasteiger partial charge in [0.25, 0.3) is 0 Å². The van der Waals surface area contributed by atoms with E-state index >= 15 is 0 Å². The minimum atomic E-state index is -3.34. The monoisotopic (exact) mass is 333 g/mol. The van der Waals surface area contributed by atoms with Gasteiger partial charge in [0.2, 0.25) is 5.91 Å². The highest BCUT2D eigenvalue weighted by molar-refractivity contribution is 7.92. The van der Waals surface area contributed by atoms with Gasteiger partial charge in [0.05, 0.1) is 16.3 Å². The Kier molecular flexibility index (Phi) is 4.89. The van der Waals surface area contributed by atoms with Crippen LogP contribution in [0.5, 0.6) is 0 Å². The van der Waals surface area contributed by atoms with E-state index in [-0.39, 0.29) is 10.7 Å². The molecule has 120 valence electrons. The van der Waals surface area contributed by atoms with Crippen molar-refractivity contribution in [3.05, 3.63) is 0 Å². The number of nitrogens with two attached hydrogens (primary N) is 1. The van der Waals surface area contributed by atoms with Crippen LogP contribution in [0, 0.1) is 0 Å². The minimum Gasteiger partial charge on any atom is -0.391 e. The lowest BCUT2D eigenvalue weighted by atomic mass is 9.87. The molecule has 1 amide bonds. The Morgan fingerprint density at radius 1 is 1.33 bits per heavy atom. The van der Waals surface area contributed by atoms with Crippen LogP contribution in [-0.4, -0.2) is 60.9 Å². The van der Waals surface area contributed by atoms with Gasteiger partial charge in [-0.25, -0.2) is 8.42 Å². The molecule has 2 fully saturated rings. The molecule has 21 heavy (non-hydrogen) atoms. The zero-order chi connectivity index (χ0) is 15.7. The Balaban J connectivity index is 2.14. The Bertz CT molecular complexity index is 525. The largest absolute Gasteiger partial charge is 0.391 e. The number of hydrogen-bond donors (Lipinski definition) is 2. The van der Waals surface area contributed by atoms with Crippen LogP contribution in [0.1, 0.15) is 32.1 Å². The summed E-state index contributed by atoms with van der Waals surface area (Å²) in [5.74, 6) is -0.347. The molecule has 2 rings (SSSR count). The summed E-state index contributed by atoms with van der Waals surface area (Å²) >= 11 is 5.14. The van der Waals surface area contributed by atoms with Gasteiger partial charge in [0.15, 0.2) is 9.84 Å². The normalized spacial score (nSPS) is 28.7. The van der Waals surface area contributed by atoms with Crippen molar-refractivity contribution in [2.75, 3.05) is 25.9 Å². The quantitative estimate of drug-likeness (QED) is 0.696. The molecule has 6 nitrogen and oxygen atoms in total. The van der Waals surface area contributed by atoms with Crippen LogP contribution in [0.15, 0.2) is 0 Å². The average Bonchev–Trinajstić information content (AvgIpc) is 2.40. The highest BCUT2D eigenvalue weighted by atomic mass is 32.2. The molecule has 1 atom stereocenters. The number of rotatable bonds is 3. The maximum atomic E-state index is 12.5. The first kappa shape index (κ1) is 16.6. The smallest absolute Gasteiger partial charge is 0.239 e. The number of amides is 1. The minimum absolute atomic E-state index is 0.0912. The topological polar surface area (TPSA) is 92.5 Å². The molecule has 2 aliphatic rings. The summed E-state index contributed by atoms with van der Waals surface area (Å²) < 4.78 is 24.1. The first-order chi connectivity index (χ1) is 9.77. The van der Waals surface area contributed by atoms with Crippen molar-refractivity contribution in [3.8, 4) is 0 Å². The van der Waals surface area contributed by atoms with Crippen molar-refractivity contribution < 1.29 is 13.2 Å². The van der Waals surface area contributed by atoms with E-state index in [1.54, 1.807) is 0 Å². The van der Waals surface area contributed by atoms with Gasteiger partial charge in [-0.15, -0.1) is 0 Å². The summed E-state index contributed by atoms with van der Waals surface area (Å²) in [7, 11) is -1.35. The highest BCUT2D eigenvalue weighted by Gasteiger charge is 2.42. The van der Waals surface area contributed by atoms with E-state index in [0.29, 0.717) is 25.7 Å². The van der Waals surface area contributed by atoms with Crippen molar-refractivity contribution in [2.24, 2.45) is 5.73 Å². The first-order valence-corrected chi connectivity index (χ1v) is 9.41. The molecule has 2 aliphatic heterocycles. The maximum absolute atomic E-state index is 12.5. The number of likely N-dealkylation sites (tertiary alicyclic amines) is 1. The lowest BCUT2D eigenvalue weighted by Gasteiger charge is -2.41. The van der Waals surface area contributed by atoms with Crippen molar-refractivity contribution >= 4 is 33.0 Å². The highest BCUT2D eigenvalue weighted by Crippen LogP contribution is 2.25. The summed E-state index contributed by atoms with van der Waals surface area (Å²) in [5.41, 5.74) is 5.10. The molecule has 2 saturated heterocycles. The molecule has 8 heteroatoms. The van der Waals surface area contributed by atoms with Crippen LogP contribution < -0.4 is 11.1 Å². The van der Waals surface area contributed by atoms with Crippen LogP contribution >= 0.6 is 12.2 Å². The van der Waals surface area contributed by atoms with Gasteiger partial charge in [0, 0.05) is 13.1 Å². The number of sulfone groups is 1. The fourth-order valence-corrected chi connectivity index (χ4v) is 5.06. The van der Waals surface area contributed by atoms with E-state index in [9.17, 15) is 13.2 Å². The van der Waals surface area contributed by atoms with Crippen molar-refractivity contribution in [1.82, 2.24) is 10.2 Å². The summed E-state index contributed by atoms with van der Waals surface area (Å²) in [6.07, 6.45) is 3.04. The second kappa shape index (κ2) is 6.18. The molecule has 0 aromatic rings. The molecule has 0 aromatic carbocycles.